The molecule has 0 bridgehead atoms. The fourth-order valence-electron chi connectivity index (χ4n) is 3.70. The van der Waals surface area contributed by atoms with E-state index < -0.39 is 0 Å². The van der Waals surface area contributed by atoms with E-state index in [0.29, 0.717) is 42.4 Å². The predicted octanol–water partition coefficient (Wildman–Crippen LogP) is 2.31. The summed E-state index contributed by atoms with van der Waals surface area (Å²) in [4.78, 5) is 27.1. The van der Waals surface area contributed by atoms with E-state index in [0.717, 1.165) is 5.39 Å². The lowest BCUT2D eigenvalue weighted by Gasteiger charge is -2.32. The summed E-state index contributed by atoms with van der Waals surface area (Å²) in [7, 11) is 1.77. The Bertz CT molecular complexity index is 1030. The fraction of sp³-hybridized carbons (Fsp3) is 0.286. The van der Waals surface area contributed by atoms with Gasteiger partial charge in [-0.05, 0) is 30.4 Å². The van der Waals surface area contributed by atoms with Crippen molar-refractivity contribution in [3.8, 4) is 5.75 Å². The largest absolute Gasteiger partial charge is 0.507 e. The minimum atomic E-state index is -0.142. The number of amides is 2. The summed E-state index contributed by atoms with van der Waals surface area (Å²) in [5.41, 5.74) is 1.04. The van der Waals surface area contributed by atoms with E-state index in [1.165, 1.54) is 0 Å². The topological polar surface area (TPSA) is 87.5 Å². The van der Waals surface area contributed by atoms with Gasteiger partial charge in [0, 0.05) is 37.8 Å². The van der Waals surface area contributed by atoms with E-state index in [1.807, 2.05) is 18.2 Å². The van der Waals surface area contributed by atoms with E-state index in [1.54, 1.807) is 47.2 Å². The van der Waals surface area contributed by atoms with Gasteiger partial charge in [0.15, 0.2) is 0 Å². The van der Waals surface area contributed by atoms with Crippen LogP contribution in [-0.4, -0.2) is 50.7 Å². The van der Waals surface area contributed by atoms with Crippen LogP contribution in [0.2, 0.25) is 0 Å². The number of hydrogen-bond acceptors (Lipinski definition) is 4. The van der Waals surface area contributed by atoms with Crippen molar-refractivity contribution < 1.29 is 14.7 Å². The zero-order valence-corrected chi connectivity index (χ0v) is 15.6. The second-order valence-corrected chi connectivity index (χ2v) is 7.12. The van der Waals surface area contributed by atoms with Gasteiger partial charge in [-0.2, -0.15) is 5.10 Å². The molecule has 7 nitrogen and oxygen atoms in total. The molecule has 2 heterocycles. The van der Waals surface area contributed by atoms with Gasteiger partial charge in [0.05, 0.1) is 17.3 Å². The van der Waals surface area contributed by atoms with E-state index >= 15 is 0 Å². The highest BCUT2D eigenvalue weighted by atomic mass is 16.3. The molecule has 1 fully saturated rings. The van der Waals surface area contributed by atoms with E-state index in [4.69, 9.17) is 0 Å². The zero-order valence-electron chi connectivity index (χ0n) is 15.6. The number of carbonyl (C=O) groups is 2. The first-order valence-corrected chi connectivity index (χ1v) is 9.32. The van der Waals surface area contributed by atoms with Gasteiger partial charge in [0.25, 0.3) is 11.8 Å². The van der Waals surface area contributed by atoms with Crippen molar-refractivity contribution in [3.63, 3.8) is 0 Å². The summed E-state index contributed by atoms with van der Waals surface area (Å²) in [6, 6.07) is 10.7. The fourth-order valence-corrected chi connectivity index (χ4v) is 3.70. The smallest absolute Gasteiger partial charge is 0.254 e. The Kier molecular flexibility index (Phi) is 4.73. The maximum absolute atomic E-state index is 13.0. The number of nitrogens with zero attached hydrogens (tertiary/aromatic N) is 3. The Labute approximate surface area is 162 Å². The number of aromatic hydroxyl groups is 1. The molecule has 2 amide bonds. The number of aromatic nitrogens is 2. The summed E-state index contributed by atoms with van der Waals surface area (Å²) in [5, 5.41) is 18.7. The number of hydrogen-bond donors (Lipinski definition) is 2. The normalized spacial score (nSPS) is 15.0. The molecule has 28 heavy (non-hydrogen) atoms. The van der Waals surface area contributed by atoms with Crippen LogP contribution in [0.1, 0.15) is 33.6 Å². The number of aryl methyl sites for hydroxylation is 1. The average Bonchev–Trinajstić information content (AvgIpc) is 3.14. The van der Waals surface area contributed by atoms with Gasteiger partial charge < -0.3 is 15.3 Å². The number of piperidine rings is 1. The van der Waals surface area contributed by atoms with Crippen molar-refractivity contribution in [1.29, 1.82) is 0 Å². The second kappa shape index (κ2) is 7.34. The number of likely N-dealkylation sites (tertiary alicyclic amines) is 1. The first-order chi connectivity index (χ1) is 13.5. The molecule has 0 saturated carbocycles. The van der Waals surface area contributed by atoms with Crippen LogP contribution < -0.4 is 5.32 Å². The number of nitrogens with one attached hydrogen (secondary N) is 1. The van der Waals surface area contributed by atoms with Crippen LogP contribution in [0.3, 0.4) is 0 Å². The van der Waals surface area contributed by atoms with Crippen LogP contribution >= 0.6 is 0 Å². The summed E-state index contributed by atoms with van der Waals surface area (Å²) in [6.07, 6.45) is 4.60. The lowest BCUT2D eigenvalue weighted by atomic mass is 10.00. The Hall–Kier alpha value is -3.35. The molecule has 144 valence electrons. The molecule has 0 atom stereocenters. The van der Waals surface area contributed by atoms with Crippen LogP contribution in [0.4, 0.5) is 0 Å². The average molecular weight is 378 g/mol. The molecule has 2 aromatic carbocycles. The molecular weight excluding hydrogens is 356 g/mol. The van der Waals surface area contributed by atoms with Crippen molar-refractivity contribution in [3.05, 3.63) is 59.9 Å². The number of carbonyl (C=O) groups excluding carboxylic acids is 2. The molecule has 1 aliphatic rings. The van der Waals surface area contributed by atoms with Crippen molar-refractivity contribution >= 4 is 22.6 Å². The first kappa shape index (κ1) is 18.0. The van der Waals surface area contributed by atoms with Gasteiger partial charge >= 0.3 is 0 Å². The van der Waals surface area contributed by atoms with Gasteiger partial charge in [-0.15, -0.1) is 0 Å². The van der Waals surface area contributed by atoms with Crippen molar-refractivity contribution in [2.45, 2.75) is 18.9 Å². The minimum absolute atomic E-state index is 0.0256. The number of benzene rings is 2. The third-order valence-electron chi connectivity index (χ3n) is 5.20. The highest BCUT2D eigenvalue weighted by Gasteiger charge is 2.26. The van der Waals surface area contributed by atoms with Gasteiger partial charge in [-0.3, -0.25) is 14.3 Å². The molecular formula is C21H22N4O3. The van der Waals surface area contributed by atoms with Gasteiger partial charge in [0.2, 0.25) is 0 Å². The second-order valence-electron chi connectivity index (χ2n) is 7.12. The van der Waals surface area contributed by atoms with Crippen molar-refractivity contribution in [2.24, 2.45) is 7.05 Å². The highest BCUT2D eigenvalue weighted by Crippen LogP contribution is 2.29. The molecule has 0 unspecified atom stereocenters. The van der Waals surface area contributed by atoms with Gasteiger partial charge in [-0.25, -0.2) is 0 Å². The van der Waals surface area contributed by atoms with E-state index in [9.17, 15) is 14.7 Å². The predicted molar refractivity (Wildman–Crippen MR) is 105 cm³/mol. The molecule has 1 aromatic heterocycles. The van der Waals surface area contributed by atoms with Gasteiger partial charge in [-0.1, -0.05) is 24.3 Å². The summed E-state index contributed by atoms with van der Waals surface area (Å²) < 4.78 is 1.59. The molecule has 0 aliphatic carbocycles. The maximum atomic E-state index is 13.0. The Morgan fingerprint density at radius 2 is 1.86 bits per heavy atom. The first-order valence-electron chi connectivity index (χ1n) is 9.32. The monoisotopic (exact) mass is 378 g/mol. The van der Waals surface area contributed by atoms with Crippen molar-refractivity contribution in [1.82, 2.24) is 20.0 Å². The molecule has 2 N–H and O–H groups in total. The standard InChI is InChI=1S/C21H22N4O3/c1-24-13-15(12-22-24)20(27)23-16-8-10-25(11-9-16)21(28)17-6-2-4-14-5-3-7-18(26)19(14)17/h2-7,12-13,16,26H,8-11H2,1H3,(H,23,27). The molecule has 3 aromatic rings. The zero-order chi connectivity index (χ0) is 19.7. The third-order valence-corrected chi connectivity index (χ3v) is 5.20. The Balaban J connectivity index is 1.43. The number of fused-ring (bicyclic) bond motifs is 1. The highest BCUT2D eigenvalue weighted by molar-refractivity contribution is 6.09. The summed E-state index contributed by atoms with van der Waals surface area (Å²) >= 11 is 0. The summed E-state index contributed by atoms with van der Waals surface area (Å²) in [6.45, 7) is 1.11. The van der Waals surface area contributed by atoms with Crippen LogP contribution in [0.25, 0.3) is 10.8 Å². The lowest BCUT2D eigenvalue weighted by molar-refractivity contribution is 0.0699. The van der Waals surface area contributed by atoms with Crippen LogP contribution in [0, 0.1) is 0 Å². The van der Waals surface area contributed by atoms with E-state index in [-0.39, 0.29) is 23.6 Å². The molecule has 4 rings (SSSR count). The molecule has 0 spiro atoms. The number of phenols is 1. The lowest BCUT2D eigenvalue weighted by Crippen LogP contribution is -2.46. The van der Waals surface area contributed by atoms with Crippen molar-refractivity contribution in [2.75, 3.05) is 13.1 Å². The molecule has 7 heteroatoms. The minimum Gasteiger partial charge on any atom is -0.507 e. The molecule has 1 aliphatic heterocycles. The summed E-state index contributed by atoms with van der Waals surface area (Å²) in [5.74, 6) is -0.124. The Morgan fingerprint density at radius 1 is 1.14 bits per heavy atom. The van der Waals surface area contributed by atoms with Gasteiger partial charge in [0.1, 0.15) is 5.75 Å². The van der Waals surface area contributed by atoms with Crippen LogP contribution in [0.15, 0.2) is 48.8 Å². The SMILES string of the molecule is Cn1cc(C(=O)NC2CCN(C(=O)c3cccc4cccc(O)c34)CC2)cn1. The quantitative estimate of drug-likeness (QED) is 0.732. The Morgan fingerprint density at radius 3 is 2.54 bits per heavy atom. The van der Waals surface area contributed by atoms with Crippen LogP contribution in [-0.2, 0) is 7.05 Å². The van der Waals surface area contributed by atoms with E-state index in [2.05, 4.69) is 10.4 Å². The third kappa shape index (κ3) is 3.43. The number of phenolic OH excluding ortho intramolecular Hbond substituents is 1. The molecule has 0 radical (unpaired) electrons. The van der Waals surface area contributed by atoms with Crippen LogP contribution in [0.5, 0.6) is 5.75 Å². The maximum Gasteiger partial charge on any atom is 0.254 e. The number of rotatable bonds is 3. The molecule has 1 saturated heterocycles.